The highest BCUT2D eigenvalue weighted by molar-refractivity contribution is 7.90. The third-order valence-corrected chi connectivity index (χ3v) is 9.72. The molecular formula is C28H58N2O6S2. The fourth-order valence-electron chi connectivity index (χ4n) is 4.51. The van der Waals surface area contributed by atoms with E-state index >= 15 is 0 Å². The summed E-state index contributed by atoms with van der Waals surface area (Å²) in [6.45, 7) is 4.41. The van der Waals surface area contributed by atoms with Crippen molar-refractivity contribution in [2.45, 2.75) is 161 Å². The fourth-order valence-corrected chi connectivity index (χ4v) is 7.03. The monoisotopic (exact) mass is 582 g/mol. The lowest BCUT2D eigenvalue weighted by Gasteiger charge is -2.16. The molecule has 0 aromatic heterocycles. The van der Waals surface area contributed by atoms with Crippen LogP contribution < -0.4 is 9.44 Å². The lowest BCUT2D eigenvalue weighted by atomic mass is 10.1. The number of sulfonamides is 2. The Morgan fingerprint density at radius 2 is 0.737 bits per heavy atom. The molecular weight excluding hydrogens is 524 g/mol. The van der Waals surface area contributed by atoms with E-state index in [-0.39, 0.29) is 11.5 Å². The number of unbranched alkanes of at least 4 members (excludes halogenated alkanes) is 20. The predicted octanol–water partition coefficient (Wildman–Crippen LogP) is 6.86. The maximum absolute atomic E-state index is 12.3. The molecule has 0 fully saturated rings. The first-order valence-corrected chi connectivity index (χ1v) is 18.7. The van der Waals surface area contributed by atoms with Crippen LogP contribution in [-0.2, 0) is 24.8 Å². The Hall–Kier alpha value is -0.710. The van der Waals surface area contributed by atoms with Gasteiger partial charge in [-0.25, -0.2) is 21.6 Å². The van der Waals surface area contributed by atoms with Crippen molar-refractivity contribution in [2.75, 3.05) is 11.5 Å². The molecule has 0 unspecified atom stereocenters. The van der Waals surface area contributed by atoms with Crippen LogP contribution in [0.5, 0.6) is 0 Å². The van der Waals surface area contributed by atoms with E-state index in [1.807, 2.05) is 9.44 Å². The van der Waals surface area contributed by atoms with Gasteiger partial charge in [-0.05, 0) is 12.8 Å². The van der Waals surface area contributed by atoms with Gasteiger partial charge in [-0.15, -0.1) is 0 Å². The third kappa shape index (κ3) is 24.3. The fraction of sp³-hybridized carbons (Fsp3) is 0.964. The standard InChI is InChI=1S/C28H58N2O6S2/c1-3-5-7-9-11-13-15-17-19-21-23-25-37(33,34)29-27(28(31)32)30-38(35,36)26-24-22-20-18-16-14-12-10-8-6-4-2/h27,29-30H,3-26H2,1-2H3,(H,31,32). The summed E-state index contributed by atoms with van der Waals surface area (Å²) in [5.41, 5.74) is 0. The second-order valence-electron chi connectivity index (χ2n) is 10.7. The highest BCUT2D eigenvalue weighted by Crippen LogP contribution is 2.13. The van der Waals surface area contributed by atoms with Gasteiger partial charge in [-0.3, -0.25) is 0 Å². The summed E-state index contributed by atoms with van der Waals surface area (Å²) < 4.78 is 53.4. The Kier molecular flexibility index (Phi) is 23.7. The molecule has 0 spiro atoms. The summed E-state index contributed by atoms with van der Waals surface area (Å²) in [5.74, 6) is -1.99. The Morgan fingerprint density at radius 3 is 0.974 bits per heavy atom. The molecule has 0 saturated carbocycles. The van der Waals surface area contributed by atoms with Crippen LogP contribution in [0.3, 0.4) is 0 Å². The van der Waals surface area contributed by atoms with Crippen LogP contribution in [0.4, 0.5) is 0 Å². The Bertz CT molecular complexity index is 714. The first-order chi connectivity index (χ1) is 18.1. The zero-order valence-corrected chi connectivity index (χ0v) is 26.0. The van der Waals surface area contributed by atoms with E-state index in [0.29, 0.717) is 12.8 Å². The molecule has 0 saturated heterocycles. The maximum Gasteiger partial charge on any atom is 0.337 e. The van der Waals surface area contributed by atoms with Crippen molar-refractivity contribution in [1.82, 2.24) is 9.44 Å². The number of hydrogen-bond acceptors (Lipinski definition) is 5. The van der Waals surface area contributed by atoms with E-state index in [4.69, 9.17) is 0 Å². The number of carboxylic acids is 1. The van der Waals surface area contributed by atoms with Crippen LogP contribution in [0.1, 0.15) is 155 Å². The van der Waals surface area contributed by atoms with Gasteiger partial charge >= 0.3 is 5.97 Å². The van der Waals surface area contributed by atoms with Gasteiger partial charge in [0.1, 0.15) is 0 Å². The molecule has 0 amide bonds. The van der Waals surface area contributed by atoms with E-state index < -0.39 is 32.2 Å². The van der Waals surface area contributed by atoms with Crippen molar-refractivity contribution in [3.63, 3.8) is 0 Å². The zero-order valence-electron chi connectivity index (χ0n) is 24.4. The lowest BCUT2D eigenvalue weighted by molar-refractivity contribution is -0.139. The second-order valence-corrected chi connectivity index (χ2v) is 14.5. The van der Waals surface area contributed by atoms with E-state index in [1.54, 1.807) is 0 Å². The molecule has 0 rings (SSSR count). The van der Waals surface area contributed by atoms with Crippen molar-refractivity contribution in [3.05, 3.63) is 0 Å². The molecule has 10 heteroatoms. The van der Waals surface area contributed by atoms with Gasteiger partial charge < -0.3 is 5.11 Å². The van der Waals surface area contributed by atoms with E-state index in [1.165, 1.54) is 77.0 Å². The van der Waals surface area contributed by atoms with E-state index in [9.17, 15) is 26.7 Å². The average Bonchev–Trinajstić information content (AvgIpc) is 2.85. The lowest BCUT2D eigenvalue weighted by Crippen LogP contribution is -2.53. The summed E-state index contributed by atoms with van der Waals surface area (Å²) in [5, 5.41) is 9.37. The van der Waals surface area contributed by atoms with Gasteiger partial charge in [0.15, 0.2) is 6.17 Å². The number of hydrogen-bond donors (Lipinski definition) is 3. The molecule has 0 radical (unpaired) electrons. The first-order valence-electron chi connectivity index (χ1n) is 15.4. The summed E-state index contributed by atoms with van der Waals surface area (Å²) in [7, 11) is -7.82. The van der Waals surface area contributed by atoms with Gasteiger partial charge in [-0.2, -0.15) is 9.44 Å². The largest absolute Gasteiger partial charge is 0.479 e. The molecule has 3 N–H and O–H groups in total. The second kappa shape index (κ2) is 24.1. The van der Waals surface area contributed by atoms with Crippen molar-refractivity contribution >= 4 is 26.0 Å². The highest BCUT2D eigenvalue weighted by atomic mass is 32.2. The molecule has 0 aliphatic carbocycles. The van der Waals surface area contributed by atoms with Gasteiger partial charge in [-0.1, -0.05) is 142 Å². The average molecular weight is 583 g/mol. The summed E-state index contributed by atoms with van der Waals surface area (Å²) >= 11 is 0. The van der Waals surface area contributed by atoms with Gasteiger partial charge in [0.25, 0.3) is 0 Å². The number of aliphatic carboxylic acids is 1. The number of carbonyl (C=O) groups is 1. The number of carboxylic acid groups (broad SMARTS) is 1. The van der Waals surface area contributed by atoms with Gasteiger partial charge in [0.2, 0.25) is 20.0 Å². The van der Waals surface area contributed by atoms with Crippen molar-refractivity contribution in [3.8, 4) is 0 Å². The van der Waals surface area contributed by atoms with Crippen LogP contribution >= 0.6 is 0 Å². The number of rotatable bonds is 29. The minimum Gasteiger partial charge on any atom is -0.479 e. The summed E-state index contributed by atoms with van der Waals surface area (Å²) in [6, 6.07) is 0. The van der Waals surface area contributed by atoms with Crippen molar-refractivity contribution in [1.29, 1.82) is 0 Å². The molecule has 0 bridgehead atoms. The molecule has 0 aliphatic rings. The topological polar surface area (TPSA) is 130 Å². The Balaban J connectivity index is 4.08. The molecule has 8 nitrogen and oxygen atoms in total. The molecule has 228 valence electrons. The summed E-state index contributed by atoms with van der Waals surface area (Å²) in [4.78, 5) is 11.5. The first kappa shape index (κ1) is 37.3. The summed E-state index contributed by atoms with van der Waals surface area (Å²) in [6.07, 6.45) is 22.0. The van der Waals surface area contributed by atoms with Gasteiger partial charge in [0, 0.05) is 0 Å². The zero-order chi connectivity index (χ0) is 28.5. The van der Waals surface area contributed by atoms with Crippen molar-refractivity contribution in [2.24, 2.45) is 0 Å². The van der Waals surface area contributed by atoms with E-state index in [2.05, 4.69) is 13.8 Å². The maximum atomic E-state index is 12.3. The normalized spacial score (nSPS) is 12.4. The smallest absolute Gasteiger partial charge is 0.337 e. The van der Waals surface area contributed by atoms with Crippen LogP contribution in [0, 0.1) is 0 Å². The SMILES string of the molecule is CCCCCCCCCCCCCS(=O)(=O)NC(NS(=O)(=O)CCCCCCCCCCCCC)C(=O)O. The van der Waals surface area contributed by atoms with Crippen molar-refractivity contribution < 1.29 is 26.7 Å². The Labute approximate surface area is 234 Å². The predicted molar refractivity (Wildman–Crippen MR) is 158 cm³/mol. The van der Waals surface area contributed by atoms with Gasteiger partial charge in [0.05, 0.1) is 11.5 Å². The Morgan fingerprint density at radius 1 is 0.500 bits per heavy atom. The highest BCUT2D eigenvalue weighted by Gasteiger charge is 2.28. The van der Waals surface area contributed by atoms with E-state index in [0.717, 1.165) is 51.4 Å². The number of nitrogens with one attached hydrogen (secondary N) is 2. The minimum atomic E-state index is -3.91. The molecule has 38 heavy (non-hydrogen) atoms. The molecule has 0 aromatic rings. The van der Waals surface area contributed by atoms with Crippen LogP contribution in [0.15, 0.2) is 0 Å². The quantitative estimate of drug-likeness (QED) is 0.0653. The molecule has 0 atom stereocenters. The minimum absolute atomic E-state index is 0.214. The third-order valence-electron chi connectivity index (χ3n) is 6.88. The van der Waals surface area contributed by atoms with Crippen LogP contribution in [-0.4, -0.2) is 45.6 Å². The molecule has 0 aromatic carbocycles. The van der Waals surface area contributed by atoms with Crippen LogP contribution in [0.25, 0.3) is 0 Å². The molecule has 0 aliphatic heterocycles. The van der Waals surface area contributed by atoms with Crippen LogP contribution in [0.2, 0.25) is 0 Å². The molecule has 0 heterocycles.